The van der Waals surface area contributed by atoms with Gasteiger partial charge in [-0.3, -0.25) is 19.4 Å². The van der Waals surface area contributed by atoms with Crippen LogP contribution in [0.3, 0.4) is 0 Å². The molecule has 1 atom stereocenters. The molecule has 0 spiro atoms. The predicted octanol–water partition coefficient (Wildman–Crippen LogP) is 3.36. The second kappa shape index (κ2) is 9.25. The van der Waals surface area contributed by atoms with E-state index < -0.39 is 6.04 Å². The molecule has 5 rings (SSSR count). The molecule has 2 heterocycles. The van der Waals surface area contributed by atoms with E-state index in [-0.39, 0.29) is 24.2 Å². The standard InChI is InChI=1S/C25H27BrN4O2/c26-19-8-9-21-20(14-19)23(24(27-21)25(32)18-6-7-18)28-22(31)16-30-12-10-29(11-13-30)15-17-4-2-1-3-5-17/h1-5,8-9,14,18,24,27H,6-7,10-13,15-16H2. The lowest BCUT2D eigenvalue weighted by Crippen LogP contribution is -2.47. The summed E-state index contributed by atoms with van der Waals surface area (Å²) in [7, 11) is 0. The molecule has 0 bridgehead atoms. The monoisotopic (exact) mass is 494 g/mol. The average molecular weight is 495 g/mol. The molecule has 166 valence electrons. The van der Waals surface area contributed by atoms with E-state index in [1.54, 1.807) is 0 Å². The van der Waals surface area contributed by atoms with Crippen LogP contribution in [0.1, 0.15) is 24.0 Å². The van der Waals surface area contributed by atoms with Crippen LogP contribution in [0.5, 0.6) is 0 Å². The molecule has 0 radical (unpaired) electrons. The molecule has 3 aliphatic rings. The normalized spacial score (nSPS) is 22.5. The van der Waals surface area contributed by atoms with Crippen molar-refractivity contribution in [1.82, 2.24) is 9.80 Å². The van der Waals surface area contributed by atoms with Crippen molar-refractivity contribution in [3.63, 3.8) is 0 Å². The summed E-state index contributed by atoms with van der Waals surface area (Å²) >= 11 is 3.50. The molecule has 2 aliphatic heterocycles. The highest BCUT2D eigenvalue weighted by atomic mass is 79.9. The van der Waals surface area contributed by atoms with Gasteiger partial charge < -0.3 is 5.32 Å². The van der Waals surface area contributed by atoms with Crippen LogP contribution in [0.25, 0.3) is 0 Å². The molecule has 6 nitrogen and oxygen atoms in total. The number of Topliss-reactive ketones (excluding diaryl/α,β-unsaturated/α-hetero) is 1. The Morgan fingerprint density at radius 3 is 2.44 bits per heavy atom. The molecule has 2 aromatic carbocycles. The number of hydrogen-bond acceptors (Lipinski definition) is 5. The zero-order valence-corrected chi connectivity index (χ0v) is 19.6. The maximum atomic E-state index is 12.9. The fourth-order valence-electron chi connectivity index (χ4n) is 4.48. The van der Waals surface area contributed by atoms with E-state index in [0.29, 0.717) is 5.71 Å². The molecule has 1 amide bonds. The zero-order chi connectivity index (χ0) is 22.1. The third-order valence-corrected chi connectivity index (χ3v) is 6.91. The van der Waals surface area contributed by atoms with Crippen molar-refractivity contribution in [3.8, 4) is 0 Å². The summed E-state index contributed by atoms with van der Waals surface area (Å²) in [5, 5.41) is 3.30. The highest BCUT2D eigenvalue weighted by Crippen LogP contribution is 2.36. The van der Waals surface area contributed by atoms with Gasteiger partial charge in [0.15, 0.2) is 5.78 Å². The number of aliphatic imine (C=N–C) groups is 1. The van der Waals surface area contributed by atoms with Crippen molar-refractivity contribution in [2.75, 3.05) is 38.0 Å². The van der Waals surface area contributed by atoms with Crippen LogP contribution in [-0.2, 0) is 16.1 Å². The van der Waals surface area contributed by atoms with Gasteiger partial charge in [-0.1, -0.05) is 46.3 Å². The van der Waals surface area contributed by atoms with E-state index in [9.17, 15) is 9.59 Å². The fourth-order valence-corrected chi connectivity index (χ4v) is 4.84. The molecule has 1 aliphatic carbocycles. The number of piperazine rings is 1. The van der Waals surface area contributed by atoms with Gasteiger partial charge in [0.2, 0.25) is 0 Å². The lowest BCUT2D eigenvalue weighted by molar-refractivity contribution is -0.119. The quantitative estimate of drug-likeness (QED) is 0.666. The maximum Gasteiger partial charge on any atom is 0.260 e. The molecule has 1 unspecified atom stereocenters. The van der Waals surface area contributed by atoms with E-state index in [4.69, 9.17) is 0 Å². The minimum Gasteiger partial charge on any atom is -0.370 e. The van der Waals surface area contributed by atoms with Gasteiger partial charge in [0, 0.05) is 54.4 Å². The van der Waals surface area contributed by atoms with Gasteiger partial charge in [0.05, 0.1) is 12.3 Å². The Labute approximate surface area is 196 Å². The smallest absolute Gasteiger partial charge is 0.260 e. The summed E-state index contributed by atoms with van der Waals surface area (Å²) in [5.74, 6) is 0.0707. The summed E-state index contributed by atoms with van der Waals surface area (Å²) in [5.41, 5.74) is 3.60. The number of fused-ring (bicyclic) bond motifs is 1. The minimum absolute atomic E-state index is 0.100. The Morgan fingerprint density at radius 2 is 1.72 bits per heavy atom. The van der Waals surface area contributed by atoms with Crippen LogP contribution in [0, 0.1) is 5.92 Å². The van der Waals surface area contributed by atoms with Gasteiger partial charge in [-0.05, 0) is 36.6 Å². The Kier molecular flexibility index (Phi) is 6.22. The largest absolute Gasteiger partial charge is 0.370 e. The number of amides is 1. The van der Waals surface area contributed by atoms with E-state index in [0.717, 1.165) is 61.3 Å². The van der Waals surface area contributed by atoms with Crippen molar-refractivity contribution in [1.29, 1.82) is 0 Å². The van der Waals surface area contributed by atoms with E-state index in [2.05, 4.69) is 60.3 Å². The van der Waals surface area contributed by atoms with Crippen molar-refractivity contribution in [2.45, 2.75) is 25.4 Å². The van der Waals surface area contributed by atoms with Crippen molar-refractivity contribution in [2.24, 2.45) is 10.9 Å². The first kappa shape index (κ1) is 21.5. The molecule has 7 heteroatoms. The summed E-state index contributed by atoms with van der Waals surface area (Å²) in [6.45, 7) is 4.77. The van der Waals surface area contributed by atoms with Gasteiger partial charge in [0.25, 0.3) is 5.91 Å². The second-order valence-corrected chi connectivity index (χ2v) is 9.79. The Balaban J connectivity index is 1.23. The number of nitrogens with one attached hydrogen (secondary N) is 1. The lowest BCUT2D eigenvalue weighted by atomic mass is 10.0. The number of halogens is 1. The summed E-state index contributed by atoms with van der Waals surface area (Å²) < 4.78 is 0.909. The van der Waals surface area contributed by atoms with Crippen LogP contribution in [0.2, 0.25) is 0 Å². The van der Waals surface area contributed by atoms with E-state index in [1.807, 2.05) is 24.3 Å². The number of carbonyl (C=O) groups excluding carboxylic acids is 2. The fraction of sp³-hybridized carbons (Fsp3) is 0.400. The number of benzene rings is 2. The summed E-state index contributed by atoms with van der Waals surface area (Å²) in [6, 6.07) is 15.8. The molecule has 1 saturated heterocycles. The van der Waals surface area contributed by atoms with Gasteiger partial charge in [-0.25, -0.2) is 4.99 Å². The van der Waals surface area contributed by atoms with Crippen molar-refractivity contribution >= 4 is 39.0 Å². The second-order valence-electron chi connectivity index (χ2n) is 8.87. The number of rotatable bonds is 6. The highest BCUT2D eigenvalue weighted by Gasteiger charge is 2.41. The average Bonchev–Trinajstić information content (AvgIpc) is 3.59. The van der Waals surface area contributed by atoms with Crippen molar-refractivity contribution < 1.29 is 9.59 Å². The third kappa shape index (κ3) is 4.85. The molecular formula is C25H27BrN4O2. The Bertz CT molecular complexity index is 1040. The molecule has 1 N–H and O–H groups in total. The molecular weight excluding hydrogens is 468 g/mol. The van der Waals surface area contributed by atoms with Crippen LogP contribution in [0.15, 0.2) is 58.0 Å². The Morgan fingerprint density at radius 1 is 1.00 bits per heavy atom. The van der Waals surface area contributed by atoms with Crippen LogP contribution in [0.4, 0.5) is 5.69 Å². The minimum atomic E-state index is -0.515. The van der Waals surface area contributed by atoms with Crippen LogP contribution < -0.4 is 5.32 Å². The zero-order valence-electron chi connectivity index (χ0n) is 18.0. The summed E-state index contributed by atoms with van der Waals surface area (Å²) in [6.07, 6.45) is 1.87. The Hall–Kier alpha value is -2.35. The van der Waals surface area contributed by atoms with Gasteiger partial charge in [-0.15, -0.1) is 0 Å². The molecule has 0 aromatic heterocycles. The predicted molar refractivity (Wildman–Crippen MR) is 129 cm³/mol. The SMILES string of the molecule is O=C(CN1CCN(Cc2ccccc2)CC1)N=C1c2cc(Br)ccc2NC1C(=O)C1CC1. The molecule has 1 saturated carbocycles. The first-order valence-corrected chi connectivity index (χ1v) is 12.1. The third-order valence-electron chi connectivity index (χ3n) is 6.41. The van der Waals surface area contributed by atoms with E-state index >= 15 is 0 Å². The van der Waals surface area contributed by atoms with E-state index in [1.165, 1.54) is 5.56 Å². The topological polar surface area (TPSA) is 65.0 Å². The number of hydrogen-bond donors (Lipinski definition) is 1. The number of nitrogens with zero attached hydrogens (tertiary/aromatic N) is 3. The van der Waals surface area contributed by atoms with Crippen molar-refractivity contribution in [3.05, 3.63) is 64.1 Å². The number of carbonyl (C=O) groups is 2. The number of ketones is 1. The van der Waals surface area contributed by atoms with Gasteiger partial charge >= 0.3 is 0 Å². The van der Waals surface area contributed by atoms with Gasteiger partial charge in [-0.2, -0.15) is 0 Å². The maximum absolute atomic E-state index is 12.9. The number of anilines is 1. The first-order chi connectivity index (χ1) is 15.6. The first-order valence-electron chi connectivity index (χ1n) is 11.3. The van der Waals surface area contributed by atoms with Crippen LogP contribution >= 0.6 is 15.9 Å². The molecule has 2 aromatic rings. The van der Waals surface area contributed by atoms with Crippen LogP contribution in [-0.4, -0.2) is 66.0 Å². The lowest BCUT2D eigenvalue weighted by Gasteiger charge is -2.34. The van der Waals surface area contributed by atoms with Gasteiger partial charge in [0.1, 0.15) is 6.04 Å². The molecule has 32 heavy (non-hydrogen) atoms. The highest BCUT2D eigenvalue weighted by molar-refractivity contribution is 9.10. The summed E-state index contributed by atoms with van der Waals surface area (Å²) in [4.78, 5) is 34.8. The molecule has 2 fully saturated rings.